The van der Waals surface area contributed by atoms with Crippen LogP contribution < -0.4 is 15.5 Å². The molecule has 162 valence electrons. The predicted octanol–water partition coefficient (Wildman–Crippen LogP) is 4.20. The highest BCUT2D eigenvalue weighted by atomic mass is 79.9. The van der Waals surface area contributed by atoms with Crippen LogP contribution in [0, 0.1) is 0 Å². The summed E-state index contributed by atoms with van der Waals surface area (Å²) < 4.78 is 6.02. The number of halogens is 2. The minimum Gasteiger partial charge on any atom is -0.423 e. The van der Waals surface area contributed by atoms with Crippen LogP contribution in [0.4, 0.5) is 0 Å². The summed E-state index contributed by atoms with van der Waals surface area (Å²) in [5, 5.41) is 6.86. The number of benzene rings is 3. The molecule has 0 aliphatic rings. The summed E-state index contributed by atoms with van der Waals surface area (Å²) in [5.41, 5.74) is 3.72. The standard InChI is InChI=1S/C23H17BrClN3O4/c24-20-7-2-1-6-19(20)23(31)32-18-5-3-4-15(12-18)13-27-28-21(29)14-26-22(30)16-8-10-17(25)11-9-16/h1-13H,14H2,(H,26,30)(H,28,29). The molecular weight excluding hydrogens is 498 g/mol. The number of carbonyl (C=O) groups excluding carboxylic acids is 3. The maximum atomic E-state index is 12.3. The quantitative estimate of drug-likeness (QED) is 0.214. The Morgan fingerprint density at radius 3 is 2.50 bits per heavy atom. The maximum Gasteiger partial charge on any atom is 0.344 e. The van der Waals surface area contributed by atoms with Crippen molar-refractivity contribution in [3.05, 3.63) is 99.0 Å². The molecule has 0 saturated carbocycles. The number of nitrogens with one attached hydrogen (secondary N) is 2. The lowest BCUT2D eigenvalue weighted by molar-refractivity contribution is -0.120. The minimum absolute atomic E-state index is 0.248. The first-order valence-electron chi connectivity index (χ1n) is 9.35. The first-order valence-corrected chi connectivity index (χ1v) is 10.5. The summed E-state index contributed by atoms with van der Waals surface area (Å²) in [6.07, 6.45) is 1.40. The number of rotatable bonds is 7. The zero-order valence-electron chi connectivity index (χ0n) is 16.5. The second-order valence-corrected chi connectivity index (χ2v) is 7.72. The Balaban J connectivity index is 1.50. The average Bonchev–Trinajstić information content (AvgIpc) is 2.78. The lowest BCUT2D eigenvalue weighted by Gasteiger charge is -2.06. The van der Waals surface area contributed by atoms with Crippen molar-refractivity contribution in [1.82, 2.24) is 10.7 Å². The Labute approximate surface area is 197 Å². The third-order valence-corrected chi connectivity index (χ3v) is 5.02. The number of nitrogens with zero attached hydrogens (tertiary/aromatic N) is 1. The van der Waals surface area contributed by atoms with E-state index < -0.39 is 17.8 Å². The summed E-state index contributed by atoms with van der Waals surface area (Å²) in [4.78, 5) is 36.2. The van der Waals surface area contributed by atoms with E-state index in [-0.39, 0.29) is 6.54 Å². The van der Waals surface area contributed by atoms with E-state index in [1.54, 1.807) is 72.8 Å². The number of hydrogen-bond acceptors (Lipinski definition) is 5. The van der Waals surface area contributed by atoms with Gasteiger partial charge in [-0.05, 0) is 70.0 Å². The van der Waals surface area contributed by atoms with Crippen molar-refractivity contribution in [1.29, 1.82) is 0 Å². The molecule has 0 heterocycles. The van der Waals surface area contributed by atoms with Crippen LogP contribution in [0.25, 0.3) is 0 Å². The van der Waals surface area contributed by atoms with Gasteiger partial charge in [-0.15, -0.1) is 0 Å². The Morgan fingerprint density at radius 1 is 1.00 bits per heavy atom. The van der Waals surface area contributed by atoms with Gasteiger partial charge in [0.05, 0.1) is 18.3 Å². The zero-order chi connectivity index (χ0) is 22.9. The molecule has 2 N–H and O–H groups in total. The van der Waals surface area contributed by atoms with E-state index in [9.17, 15) is 14.4 Å². The second kappa shape index (κ2) is 11.2. The molecule has 3 rings (SSSR count). The summed E-state index contributed by atoms with van der Waals surface area (Å²) in [7, 11) is 0. The van der Waals surface area contributed by atoms with E-state index in [0.29, 0.717) is 31.9 Å². The van der Waals surface area contributed by atoms with Gasteiger partial charge in [0.2, 0.25) is 0 Å². The van der Waals surface area contributed by atoms with Gasteiger partial charge in [0.15, 0.2) is 0 Å². The minimum atomic E-state index is -0.503. The Kier molecular flexibility index (Phi) is 8.13. The van der Waals surface area contributed by atoms with Crippen molar-refractivity contribution >= 4 is 51.5 Å². The number of ether oxygens (including phenoxy) is 1. The van der Waals surface area contributed by atoms with Crippen LogP contribution in [0.15, 0.2) is 82.4 Å². The van der Waals surface area contributed by atoms with Crippen molar-refractivity contribution in [2.24, 2.45) is 5.10 Å². The molecular formula is C23H17BrClN3O4. The van der Waals surface area contributed by atoms with Crippen LogP contribution in [0.3, 0.4) is 0 Å². The molecule has 0 unspecified atom stereocenters. The molecule has 0 aromatic heterocycles. The molecule has 32 heavy (non-hydrogen) atoms. The van der Waals surface area contributed by atoms with Crippen LogP contribution in [-0.4, -0.2) is 30.5 Å². The summed E-state index contributed by atoms with van der Waals surface area (Å²) in [6, 6.07) is 19.9. The molecule has 0 fully saturated rings. The monoisotopic (exact) mass is 513 g/mol. The van der Waals surface area contributed by atoms with Crippen molar-refractivity contribution < 1.29 is 19.1 Å². The number of amides is 2. The first-order chi connectivity index (χ1) is 15.4. The van der Waals surface area contributed by atoms with Gasteiger partial charge in [-0.1, -0.05) is 35.9 Å². The fourth-order valence-electron chi connectivity index (χ4n) is 2.53. The normalized spacial score (nSPS) is 10.6. The zero-order valence-corrected chi connectivity index (χ0v) is 18.9. The molecule has 2 amide bonds. The topological polar surface area (TPSA) is 96.9 Å². The molecule has 9 heteroatoms. The molecule has 0 aliphatic carbocycles. The largest absolute Gasteiger partial charge is 0.423 e. The van der Waals surface area contributed by atoms with Gasteiger partial charge in [0, 0.05) is 15.1 Å². The third-order valence-electron chi connectivity index (χ3n) is 4.08. The van der Waals surface area contributed by atoms with Crippen LogP contribution in [0.1, 0.15) is 26.3 Å². The lowest BCUT2D eigenvalue weighted by Crippen LogP contribution is -2.34. The SMILES string of the molecule is O=C(CNC(=O)c1ccc(Cl)cc1)NN=Cc1cccc(OC(=O)c2ccccc2Br)c1. The second-order valence-electron chi connectivity index (χ2n) is 6.42. The van der Waals surface area contributed by atoms with Crippen LogP contribution in [0.5, 0.6) is 5.75 Å². The molecule has 0 radical (unpaired) electrons. The van der Waals surface area contributed by atoms with Crippen molar-refractivity contribution in [2.75, 3.05) is 6.54 Å². The van der Waals surface area contributed by atoms with Gasteiger partial charge in [-0.2, -0.15) is 5.10 Å². The van der Waals surface area contributed by atoms with E-state index in [1.165, 1.54) is 6.21 Å². The molecule has 7 nitrogen and oxygen atoms in total. The van der Waals surface area contributed by atoms with Gasteiger partial charge in [0.25, 0.3) is 11.8 Å². The smallest absolute Gasteiger partial charge is 0.344 e. The van der Waals surface area contributed by atoms with Crippen molar-refractivity contribution in [3.8, 4) is 5.75 Å². The molecule has 3 aromatic carbocycles. The van der Waals surface area contributed by atoms with E-state index >= 15 is 0 Å². The Hall–Kier alpha value is -3.49. The summed E-state index contributed by atoms with van der Waals surface area (Å²) in [5.74, 6) is -1.08. The van der Waals surface area contributed by atoms with Gasteiger partial charge in [0.1, 0.15) is 5.75 Å². The van der Waals surface area contributed by atoms with E-state index in [0.717, 1.165) is 0 Å². The van der Waals surface area contributed by atoms with E-state index in [4.69, 9.17) is 16.3 Å². The number of hydrazone groups is 1. The van der Waals surface area contributed by atoms with Crippen LogP contribution in [-0.2, 0) is 4.79 Å². The highest BCUT2D eigenvalue weighted by Crippen LogP contribution is 2.19. The fraction of sp³-hybridized carbons (Fsp3) is 0.0435. The van der Waals surface area contributed by atoms with Crippen molar-refractivity contribution in [2.45, 2.75) is 0 Å². The number of hydrogen-bond donors (Lipinski definition) is 2. The third kappa shape index (κ3) is 6.76. The van der Waals surface area contributed by atoms with Gasteiger partial charge < -0.3 is 10.1 Å². The van der Waals surface area contributed by atoms with Crippen LogP contribution in [0.2, 0.25) is 5.02 Å². The summed E-state index contributed by atoms with van der Waals surface area (Å²) in [6.45, 7) is -0.248. The molecule has 0 aliphatic heterocycles. The molecule has 0 bridgehead atoms. The Bertz CT molecular complexity index is 1170. The highest BCUT2D eigenvalue weighted by Gasteiger charge is 2.12. The first kappa shape index (κ1) is 23.2. The van der Waals surface area contributed by atoms with Gasteiger partial charge in [-0.25, -0.2) is 10.2 Å². The molecule has 0 saturated heterocycles. The van der Waals surface area contributed by atoms with Crippen LogP contribution >= 0.6 is 27.5 Å². The lowest BCUT2D eigenvalue weighted by atomic mass is 10.2. The maximum absolute atomic E-state index is 12.3. The van der Waals surface area contributed by atoms with Gasteiger partial charge in [-0.3, -0.25) is 9.59 Å². The van der Waals surface area contributed by atoms with E-state index in [1.807, 2.05) is 0 Å². The van der Waals surface area contributed by atoms with E-state index in [2.05, 4.69) is 31.8 Å². The van der Waals surface area contributed by atoms with Crippen molar-refractivity contribution in [3.63, 3.8) is 0 Å². The summed E-state index contributed by atoms with van der Waals surface area (Å²) >= 11 is 9.10. The number of esters is 1. The molecule has 0 spiro atoms. The average molecular weight is 515 g/mol. The number of carbonyl (C=O) groups is 3. The fourth-order valence-corrected chi connectivity index (χ4v) is 3.10. The Morgan fingerprint density at radius 2 is 1.75 bits per heavy atom. The van der Waals surface area contributed by atoms with Gasteiger partial charge >= 0.3 is 5.97 Å². The molecule has 0 atom stereocenters. The highest BCUT2D eigenvalue weighted by molar-refractivity contribution is 9.10. The molecule has 3 aromatic rings. The predicted molar refractivity (Wildman–Crippen MR) is 125 cm³/mol.